The van der Waals surface area contributed by atoms with Gasteiger partial charge in [-0.2, -0.15) is 11.3 Å². The maximum Gasteiger partial charge on any atom is 0.339 e. The molecule has 2 aromatic heterocycles. The van der Waals surface area contributed by atoms with E-state index in [-0.39, 0.29) is 11.5 Å². The molecule has 0 bridgehead atoms. The van der Waals surface area contributed by atoms with Crippen LogP contribution in [0.4, 0.5) is 0 Å². The third kappa shape index (κ3) is 3.82. The molecule has 0 unspecified atom stereocenters. The first-order valence-corrected chi connectivity index (χ1v) is 9.18. The van der Waals surface area contributed by atoms with Gasteiger partial charge in [-0.3, -0.25) is 4.79 Å². The van der Waals surface area contributed by atoms with Gasteiger partial charge in [0.25, 0.3) is 0 Å². The van der Waals surface area contributed by atoms with Gasteiger partial charge in [0.05, 0.1) is 0 Å². The first-order chi connectivity index (χ1) is 12.0. The first kappa shape index (κ1) is 17.4. The SMILES string of the molecule is Cc1ccc2c(C)c(CCC(=O)N(C)Cc3ccsc3)c(=O)oc2c1. The highest BCUT2D eigenvalue weighted by atomic mass is 32.1. The molecule has 1 aromatic carbocycles. The van der Waals surface area contributed by atoms with Crippen LogP contribution in [0.2, 0.25) is 0 Å². The van der Waals surface area contributed by atoms with Gasteiger partial charge in [0.2, 0.25) is 5.91 Å². The lowest BCUT2D eigenvalue weighted by atomic mass is 10.0. The molecule has 0 saturated heterocycles. The van der Waals surface area contributed by atoms with E-state index in [1.807, 2.05) is 48.9 Å². The number of hydrogen-bond acceptors (Lipinski definition) is 4. The lowest BCUT2D eigenvalue weighted by Gasteiger charge is -2.16. The molecule has 0 fully saturated rings. The van der Waals surface area contributed by atoms with Crippen molar-refractivity contribution in [2.45, 2.75) is 33.2 Å². The van der Waals surface area contributed by atoms with E-state index in [0.717, 1.165) is 22.1 Å². The Bertz CT molecular complexity index is 957. The van der Waals surface area contributed by atoms with Crippen LogP contribution < -0.4 is 5.63 Å². The van der Waals surface area contributed by atoms with E-state index in [1.54, 1.807) is 23.3 Å². The predicted octanol–water partition coefficient (Wildman–Crippen LogP) is 4.06. The average molecular weight is 355 g/mol. The van der Waals surface area contributed by atoms with E-state index in [1.165, 1.54) is 0 Å². The van der Waals surface area contributed by atoms with Crippen LogP contribution in [-0.4, -0.2) is 17.9 Å². The third-order valence-corrected chi connectivity index (χ3v) is 5.19. The lowest BCUT2D eigenvalue weighted by Crippen LogP contribution is -2.27. The van der Waals surface area contributed by atoms with Crippen molar-refractivity contribution in [3.05, 3.63) is 67.7 Å². The molecule has 0 atom stereocenters. The zero-order chi connectivity index (χ0) is 18.0. The second-order valence-corrected chi connectivity index (χ2v) is 7.15. The van der Waals surface area contributed by atoms with E-state index < -0.39 is 0 Å². The fourth-order valence-electron chi connectivity index (χ4n) is 2.96. The van der Waals surface area contributed by atoms with E-state index in [2.05, 4.69) is 0 Å². The average Bonchev–Trinajstić information content (AvgIpc) is 3.06. The van der Waals surface area contributed by atoms with Crippen molar-refractivity contribution in [3.8, 4) is 0 Å². The number of thiophene rings is 1. The van der Waals surface area contributed by atoms with Gasteiger partial charge in [0.1, 0.15) is 5.58 Å². The normalized spacial score (nSPS) is 11.0. The smallest absolute Gasteiger partial charge is 0.339 e. The molecule has 0 aliphatic rings. The number of rotatable bonds is 5. The van der Waals surface area contributed by atoms with Gasteiger partial charge in [0, 0.05) is 31.0 Å². The highest BCUT2D eigenvalue weighted by Crippen LogP contribution is 2.21. The molecular formula is C20H21NO3S. The summed E-state index contributed by atoms with van der Waals surface area (Å²) in [6.07, 6.45) is 0.689. The molecule has 0 aliphatic carbocycles. The molecule has 0 saturated carbocycles. The monoisotopic (exact) mass is 355 g/mol. The van der Waals surface area contributed by atoms with E-state index in [0.29, 0.717) is 30.5 Å². The summed E-state index contributed by atoms with van der Waals surface area (Å²) in [6, 6.07) is 7.85. The molecule has 0 spiro atoms. The zero-order valence-corrected chi connectivity index (χ0v) is 15.5. The second kappa shape index (κ2) is 7.23. The number of carbonyl (C=O) groups excluding carboxylic acids is 1. The van der Waals surface area contributed by atoms with Crippen LogP contribution in [0, 0.1) is 13.8 Å². The number of hydrogen-bond donors (Lipinski definition) is 0. The standard InChI is InChI=1S/C20H21NO3S/c1-13-4-5-16-14(2)17(20(23)24-18(16)10-13)6-7-19(22)21(3)11-15-8-9-25-12-15/h4-5,8-10,12H,6-7,11H2,1-3H3. The number of amides is 1. The van der Waals surface area contributed by atoms with Gasteiger partial charge in [-0.15, -0.1) is 0 Å². The van der Waals surface area contributed by atoms with Gasteiger partial charge >= 0.3 is 5.63 Å². The Morgan fingerprint density at radius 1 is 1.24 bits per heavy atom. The summed E-state index contributed by atoms with van der Waals surface area (Å²) < 4.78 is 5.45. The molecule has 4 nitrogen and oxygen atoms in total. The topological polar surface area (TPSA) is 50.5 Å². The molecule has 2 heterocycles. The van der Waals surface area contributed by atoms with Crippen LogP contribution >= 0.6 is 11.3 Å². The second-order valence-electron chi connectivity index (χ2n) is 6.37. The van der Waals surface area contributed by atoms with Crippen molar-refractivity contribution in [1.29, 1.82) is 0 Å². The van der Waals surface area contributed by atoms with Crippen molar-refractivity contribution in [3.63, 3.8) is 0 Å². The molecule has 3 rings (SSSR count). The summed E-state index contributed by atoms with van der Waals surface area (Å²) in [5.74, 6) is 0.0222. The van der Waals surface area contributed by atoms with Crippen LogP contribution in [0.3, 0.4) is 0 Å². The van der Waals surface area contributed by atoms with Crippen LogP contribution in [0.15, 0.2) is 44.2 Å². The molecule has 25 heavy (non-hydrogen) atoms. The van der Waals surface area contributed by atoms with Crippen LogP contribution in [0.5, 0.6) is 0 Å². The van der Waals surface area contributed by atoms with Gasteiger partial charge < -0.3 is 9.32 Å². The van der Waals surface area contributed by atoms with Gasteiger partial charge in [0.15, 0.2) is 0 Å². The first-order valence-electron chi connectivity index (χ1n) is 8.23. The molecule has 3 aromatic rings. The maximum atomic E-state index is 12.4. The molecule has 0 radical (unpaired) electrons. The molecule has 5 heteroatoms. The van der Waals surface area contributed by atoms with Gasteiger partial charge in [-0.1, -0.05) is 12.1 Å². The number of benzene rings is 1. The summed E-state index contributed by atoms with van der Waals surface area (Å²) in [5, 5.41) is 4.96. The molecular weight excluding hydrogens is 334 g/mol. The predicted molar refractivity (Wildman–Crippen MR) is 101 cm³/mol. The Morgan fingerprint density at radius 2 is 2.04 bits per heavy atom. The van der Waals surface area contributed by atoms with E-state index in [9.17, 15) is 9.59 Å². The minimum atomic E-state index is -0.344. The fourth-order valence-corrected chi connectivity index (χ4v) is 3.62. The highest BCUT2D eigenvalue weighted by Gasteiger charge is 2.15. The van der Waals surface area contributed by atoms with Crippen molar-refractivity contribution in [2.24, 2.45) is 0 Å². The van der Waals surface area contributed by atoms with E-state index in [4.69, 9.17) is 4.42 Å². The van der Waals surface area contributed by atoms with Crippen molar-refractivity contribution in [1.82, 2.24) is 4.90 Å². The number of nitrogens with zero attached hydrogens (tertiary/aromatic N) is 1. The van der Waals surface area contributed by atoms with Gasteiger partial charge in [-0.25, -0.2) is 4.79 Å². The third-order valence-electron chi connectivity index (χ3n) is 4.46. The van der Waals surface area contributed by atoms with Crippen molar-refractivity contribution in [2.75, 3.05) is 7.05 Å². The number of fused-ring (bicyclic) bond motifs is 1. The minimum absolute atomic E-state index is 0.0222. The molecule has 130 valence electrons. The summed E-state index contributed by atoms with van der Waals surface area (Å²) in [5.41, 5.74) is 3.93. The summed E-state index contributed by atoms with van der Waals surface area (Å²) in [6.45, 7) is 4.47. The fraction of sp³-hybridized carbons (Fsp3) is 0.300. The zero-order valence-electron chi connectivity index (χ0n) is 14.7. The Labute approximate surface area is 150 Å². The molecule has 0 aliphatic heterocycles. The quantitative estimate of drug-likeness (QED) is 0.649. The Hall–Kier alpha value is -2.40. The summed E-state index contributed by atoms with van der Waals surface area (Å²) >= 11 is 1.62. The van der Waals surface area contributed by atoms with Gasteiger partial charge in [-0.05, 0) is 59.9 Å². The van der Waals surface area contributed by atoms with Crippen LogP contribution in [0.1, 0.15) is 28.7 Å². The Kier molecular flexibility index (Phi) is 5.04. The van der Waals surface area contributed by atoms with Crippen molar-refractivity contribution < 1.29 is 9.21 Å². The summed E-state index contributed by atoms with van der Waals surface area (Å²) in [7, 11) is 1.79. The molecule has 0 N–H and O–H groups in total. The molecule has 1 amide bonds. The Morgan fingerprint density at radius 3 is 2.76 bits per heavy atom. The number of carbonyl (C=O) groups is 1. The summed E-state index contributed by atoms with van der Waals surface area (Å²) in [4.78, 5) is 26.4. The Balaban J connectivity index is 1.75. The van der Waals surface area contributed by atoms with E-state index >= 15 is 0 Å². The highest BCUT2D eigenvalue weighted by molar-refractivity contribution is 7.07. The largest absolute Gasteiger partial charge is 0.423 e. The van der Waals surface area contributed by atoms with Crippen LogP contribution in [0.25, 0.3) is 11.0 Å². The minimum Gasteiger partial charge on any atom is -0.423 e. The van der Waals surface area contributed by atoms with Crippen LogP contribution in [-0.2, 0) is 17.8 Å². The van der Waals surface area contributed by atoms with Crippen molar-refractivity contribution >= 4 is 28.2 Å². The number of aryl methyl sites for hydroxylation is 2. The lowest BCUT2D eigenvalue weighted by molar-refractivity contribution is -0.130. The maximum absolute atomic E-state index is 12.4.